The van der Waals surface area contributed by atoms with Gasteiger partial charge < -0.3 is 9.84 Å². The quantitative estimate of drug-likeness (QED) is 0.795. The zero-order valence-corrected chi connectivity index (χ0v) is 11.3. The summed E-state index contributed by atoms with van der Waals surface area (Å²) in [5.41, 5.74) is 0.981. The minimum atomic E-state index is -1.05. The Hall–Kier alpha value is -2.95. The number of fused-ring (bicyclic) bond motifs is 1. The number of carbonyl (C=O) groups is 1. The van der Waals surface area contributed by atoms with E-state index in [1.165, 1.54) is 0 Å². The molecule has 0 bridgehead atoms. The maximum absolute atomic E-state index is 11.4. The highest BCUT2D eigenvalue weighted by Gasteiger charge is 2.14. The molecular formula is C16H12N2O3. The van der Waals surface area contributed by atoms with E-state index in [1.54, 1.807) is 24.4 Å². The second-order valence-corrected chi connectivity index (χ2v) is 4.67. The molecule has 3 aromatic rings. The lowest BCUT2D eigenvalue weighted by Crippen LogP contribution is -2.01. The molecule has 0 saturated heterocycles. The number of rotatable bonds is 3. The molecule has 0 aliphatic heterocycles. The van der Waals surface area contributed by atoms with Gasteiger partial charge in [0, 0.05) is 6.07 Å². The van der Waals surface area contributed by atoms with Crippen LogP contribution in [0.25, 0.3) is 10.8 Å². The molecule has 0 unspecified atom stereocenters. The number of benzene rings is 2. The van der Waals surface area contributed by atoms with Crippen molar-refractivity contribution < 1.29 is 14.6 Å². The highest BCUT2D eigenvalue weighted by Crippen LogP contribution is 2.29. The second-order valence-electron chi connectivity index (χ2n) is 4.67. The zero-order valence-electron chi connectivity index (χ0n) is 11.3. The number of aromatic carboxylic acids is 1. The van der Waals surface area contributed by atoms with Crippen molar-refractivity contribution in [1.82, 2.24) is 10.2 Å². The Balaban J connectivity index is 2.11. The van der Waals surface area contributed by atoms with Gasteiger partial charge in [-0.3, -0.25) is 0 Å². The highest BCUT2D eigenvalue weighted by atomic mass is 16.5. The summed E-state index contributed by atoms with van der Waals surface area (Å²) in [7, 11) is 0. The van der Waals surface area contributed by atoms with Gasteiger partial charge in [-0.05, 0) is 35.4 Å². The van der Waals surface area contributed by atoms with Crippen LogP contribution in [0.5, 0.6) is 11.6 Å². The molecule has 5 heteroatoms. The third-order valence-corrected chi connectivity index (χ3v) is 3.06. The van der Waals surface area contributed by atoms with Gasteiger partial charge in [-0.15, -0.1) is 5.10 Å². The lowest BCUT2D eigenvalue weighted by atomic mass is 10.1. The number of hydrogen-bond donors (Lipinski definition) is 1. The fourth-order valence-corrected chi connectivity index (χ4v) is 2.07. The molecule has 0 radical (unpaired) electrons. The first-order valence-corrected chi connectivity index (χ1v) is 6.37. The van der Waals surface area contributed by atoms with E-state index in [1.807, 2.05) is 31.2 Å². The first kappa shape index (κ1) is 13.1. The molecule has 1 aromatic heterocycles. The monoisotopic (exact) mass is 280 g/mol. The van der Waals surface area contributed by atoms with E-state index >= 15 is 0 Å². The number of aryl methyl sites for hydroxylation is 1. The Bertz CT molecular complexity index is 831. The summed E-state index contributed by atoms with van der Waals surface area (Å²) in [6, 6.07) is 12.5. The van der Waals surface area contributed by atoms with E-state index < -0.39 is 5.97 Å². The van der Waals surface area contributed by atoms with E-state index in [0.717, 1.165) is 16.3 Å². The van der Waals surface area contributed by atoms with Crippen molar-refractivity contribution in [3.8, 4) is 11.6 Å². The normalized spacial score (nSPS) is 10.5. The smallest absolute Gasteiger partial charge is 0.339 e. The molecule has 21 heavy (non-hydrogen) atoms. The van der Waals surface area contributed by atoms with Gasteiger partial charge in [0.05, 0.1) is 6.20 Å². The Labute approximate surface area is 120 Å². The third kappa shape index (κ3) is 2.67. The van der Waals surface area contributed by atoms with Crippen LogP contribution < -0.4 is 4.74 Å². The minimum Gasteiger partial charge on any atom is -0.478 e. The third-order valence-electron chi connectivity index (χ3n) is 3.06. The summed E-state index contributed by atoms with van der Waals surface area (Å²) >= 11 is 0. The summed E-state index contributed by atoms with van der Waals surface area (Å²) in [5, 5.41) is 18.7. The molecule has 0 aliphatic rings. The van der Waals surface area contributed by atoms with Gasteiger partial charge in [0.25, 0.3) is 0 Å². The summed E-state index contributed by atoms with van der Waals surface area (Å²) in [4.78, 5) is 11.4. The predicted molar refractivity (Wildman–Crippen MR) is 77.8 cm³/mol. The summed E-state index contributed by atoms with van der Waals surface area (Å²) in [5.74, 6) is -0.523. The van der Waals surface area contributed by atoms with Crippen LogP contribution in [-0.4, -0.2) is 21.3 Å². The number of aromatic nitrogens is 2. The molecule has 1 N–H and O–H groups in total. The minimum absolute atomic E-state index is 0.0945. The molecule has 2 aromatic carbocycles. The van der Waals surface area contributed by atoms with Crippen LogP contribution in [-0.2, 0) is 0 Å². The number of hydrogen-bond acceptors (Lipinski definition) is 4. The standard InChI is InChI=1S/C16H12N2O3/c1-10-6-15(18-17-9-10)21-14-8-12-5-3-2-4-11(12)7-13(14)16(19)20/h2-9H,1H3,(H,19,20). The molecule has 0 spiro atoms. The van der Waals surface area contributed by atoms with Crippen molar-refractivity contribution >= 4 is 16.7 Å². The van der Waals surface area contributed by atoms with Crippen LogP contribution in [0.1, 0.15) is 15.9 Å². The van der Waals surface area contributed by atoms with Crippen molar-refractivity contribution in [3.05, 3.63) is 59.8 Å². The van der Waals surface area contributed by atoms with Crippen molar-refractivity contribution in [2.75, 3.05) is 0 Å². The largest absolute Gasteiger partial charge is 0.478 e. The van der Waals surface area contributed by atoms with Crippen molar-refractivity contribution in [3.63, 3.8) is 0 Å². The van der Waals surface area contributed by atoms with Crippen LogP contribution in [0.2, 0.25) is 0 Å². The molecule has 0 saturated carbocycles. The first-order chi connectivity index (χ1) is 10.1. The van der Waals surface area contributed by atoms with E-state index in [2.05, 4.69) is 10.2 Å². The highest BCUT2D eigenvalue weighted by molar-refractivity contribution is 5.97. The number of carboxylic acid groups (broad SMARTS) is 1. The van der Waals surface area contributed by atoms with E-state index in [4.69, 9.17) is 4.74 Å². The Kier molecular flexibility index (Phi) is 3.23. The Morgan fingerprint density at radius 3 is 2.52 bits per heavy atom. The summed E-state index contributed by atoms with van der Waals surface area (Å²) < 4.78 is 5.61. The topological polar surface area (TPSA) is 72.3 Å². The van der Waals surface area contributed by atoms with Crippen LogP contribution in [0.4, 0.5) is 0 Å². The zero-order chi connectivity index (χ0) is 14.8. The molecule has 0 atom stereocenters. The van der Waals surface area contributed by atoms with Crippen LogP contribution >= 0.6 is 0 Å². The molecule has 0 fully saturated rings. The van der Waals surface area contributed by atoms with Crippen molar-refractivity contribution in [1.29, 1.82) is 0 Å². The summed E-state index contributed by atoms with van der Waals surface area (Å²) in [6.07, 6.45) is 1.60. The van der Waals surface area contributed by atoms with Gasteiger partial charge in [-0.25, -0.2) is 4.79 Å². The number of carboxylic acids is 1. The van der Waals surface area contributed by atoms with Crippen molar-refractivity contribution in [2.45, 2.75) is 6.92 Å². The lowest BCUT2D eigenvalue weighted by Gasteiger charge is -2.09. The van der Waals surface area contributed by atoms with E-state index in [0.29, 0.717) is 0 Å². The number of nitrogens with zero attached hydrogens (tertiary/aromatic N) is 2. The van der Waals surface area contributed by atoms with Gasteiger partial charge in [0.1, 0.15) is 11.3 Å². The molecule has 1 heterocycles. The molecule has 0 amide bonds. The number of ether oxygens (including phenoxy) is 1. The maximum atomic E-state index is 11.4. The average molecular weight is 280 g/mol. The van der Waals surface area contributed by atoms with Gasteiger partial charge in [-0.1, -0.05) is 24.3 Å². The molecule has 5 nitrogen and oxygen atoms in total. The predicted octanol–water partition coefficient (Wildman–Crippen LogP) is 3.43. The van der Waals surface area contributed by atoms with Gasteiger partial charge in [-0.2, -0.15) is 5.10 Å². The lowest BCUT2D eigenvalue weighted by molar-refractivity contribution is 0.0694. The molecular weight excluding hydrogens is 268 g/mol. The Morgan fingerprint density at radius 1 is 1.14 bits per heavy atom. The van der Waals surface area contributed by atoms with Gasteiger partial charge in [0.15, 0.2) is 0 Å². The van der Waals surface area contributed by atoms with Crippen LogP contribution in [0.3, 0.4) is 0 Å². The van der Waals surface area contributed by atoms with Crippen LogP contribution in [0.15, 0.2) is 48.7 Å². The second kappa shape index (κ2) is 5.20. The van der Waals surface area contributed by atoms with E-state index in [-0.39, 0.29) is 17.2 Å². The average Bonchev–Trinajstić information content (AvgIpc) is 2.46. The Morgan fingerprint density at radius 2 is 1.86 bits per heavy atom. The van der Waals surface area contributed by atoms with E-state index in [9.17, 15) is 9.90 Å². The molecule has 0 aliphatic carbocycles. The maximum Gasteiger partial charge on any atom is 0.339 e. The van der Waals surface area contributed by atoms with Crippen LogP contribution in [0, 0.1) is 6.92 Å². The first-order valence-electron chi connectivity index (χ1n) is 6.37. The van der Waals surface area contributed by atoms with Crippen molar-refractivity contribution in [2.24, 2.45) is 0 Å². The van der Waals surface area contributed by atoms with Gasteiger partial charge in [0.2, 0.25) is 5.88 Å². The fraction of sp³-hybridized carbons (Fsp3) is 0.0625. The SMILES string of the molecule is Cc1cnnc(Oc2cc3ccccc3cc2C(=O)O)c1. The fourth-order valence-electron chi connectivity index (χ4n) is 2.07. The molecule has 3 rings (SSSR count). The molecule has 104 valence electrons. The van der Waals surface area contributed by atoms with Gasteiger partial charge >= 0.3 is 5.97 Å². The summed E-state index contributed by atoms with van der Waals surface area (Å²) in [6.45, 7) is 1.86.